The standard InChI is InChI=1S/C5H9NO4S/c1-10-5(7)6-4-2-11(8,9)3-4/h4H,2-3H2,1H3,(H,6,7). The van der Waals surface area contributed by atoms with E-state index >= 15 is 0 Å². The molecule has 0 aliphatic carbocycles. The molecule has 6 heteroatoms. The first-order chi connectivity index (χ1) is 5.03. The highest BCUT2D eigenvalue weighted by molar-refractivity contribution is 7.92. The van der Waals surface area contributed by atoms with E-state index in [1.807, 2.05) is 0 Å². The molecule has 1 amide bonds. The molecule has 0 aromatic carbocycles. The van der Waals surface area contributed by atoms with Crippen molar-refractivity contribution in [2.24, 2.45) is 0 Å². The number of hydrogen-bond donors (Lipinski definition) is 1. The number of ether oxygens (including phenoxy) is 1. The Morgan fingerprint density at radius 3 is 2.45 bits per heavy atom. The van der Waals surface area contributed by atoms with Crippen molar-refractivity contribution in [1.82, 2.24) is 5.32 Å². The van der Waals surface area contributed by atoms with Gasteiger partial charge in [-0.3, -0.25) is 0 Å². The van der Waals surface area contributed by atoms with E-state index in [0.29, 0.717) is 0 Å². The topological polar surface area (TPSA) is 72.5 Å². The molecular formula is C5H9NO4S. The van der Waals surface area contributed by atoms with E-state index in [2.05, 4.69) is 10.1 Å². The summed E-state index contributed by atoms with van der Waals surface area (Å²) in [5.74, 6) is 0.0597. The molecule has 1 rings (SSSR count). The zero-order valence-corrected chi connectivity index (χ0v) is 6.85. The summed E-state index contributed by atoms with van der Waals surface area (Å²) in [6.45, 7) is 0. The van der Waals surface area contributed by atoms with E-state index < -0.39 is 15.9 Å². The zero-order chi connectivity index (χ0) is 8.48. The quantitative estimate of drug-likeness (QED) is 0.568. The van der Waals surface area contributed by atoms with Crippen LogP contribution < -0.4 is 5.32 Å². The van der Waals surface area contributed by atoms with Crippen LogP contribution in [0.4, 0.5) is 4.79 Å². The summed E-state index contributed by atoms with van der Waals surface area (Å²) in [5, 5.41) is 2.38. The molecule has 0 bridgehead atoms. The number of alkyl carbamates (subject to hydrolysis) is 1. The Balaban J connectivity index is 2.29. The minimum atomic E-state index is -2.85. The van der Waals surface area contributed by atoms with Gasteiger partial charge in [0.25, 0.3) is 0 Å². The fourth-order valence-electron chi connectivity index (χ4n) is 0.873. The number of methoxy groups -OCH3 is 1. The van der Waals surface area contributed by atoms with Gasteiger partial charge in [-0.05, 0) is 0 Å². The number of amides is 1. The number of hydrogen-bond acceptors (Lipinski definition) is 4. The number of rotatable bonds is 1. The molecule has 64 valence electrons. The van der Waals surface area contributed by atoms with E-state index in [4.69, 9.17) is 0 Å². The first-order valence-corrected chi connectivity index (χ1v) is 4.90. The maximum atomic E-state index is 10.6. The van der Waals surface area contributed by atoms with Gasteiger partial charge in [0.1, 0.15) is 0 Å². The van der Waals surface area contributed by atoms with Crippen LogP contribution in [0.3, 0.4) is 0 Å². The summed E-state index contributed by atoms with van der Waals surface area (Å²) >= 11 is 0. The molecule has 0 spiro atoms. The van der Waals surface area contributed by atoms with Crippen molar-refractivity contribution in [3.05, 3.63) is 0 Å². The van der Waals surface area contributed by atoms with Crippen LogP contribution in [0.15, 0.2) is 0 Å². The van der Waals surface area contributed by atoms with Crippen LogP contribution in [-0.4, -0.2) is 39.2 Å². The van der Waals surface area contributed by atoms with E-state index in [1.54, 1.807) is 0 Å². The predicted molar refractivity (Wildman–Crippen MR) is 38.0 cm³/mol. The second-order valence-electron chi connectivity index (χ2n) is 2.41. The normalized spacial score (nSPS) is 21.9. The van der Waals surface area contributed by atoms with Crippen LogP contribution >= 0.6 is 0 Å². The first-order valence-electron chi connectivity index (χ1n) is 3.08. The number of sulfone groups is 1. The Morgan fingerprint density at radius 1 is 1.55 bits per heavy atom. The molecule has 5 nitrogen and oxygen atoms in total. The van der Waals surface area contributed by atoms with Gasteiger partial charge in [0.05, 0.1) is 24.7 Å². The van der Waals surface area contributed by atoms with E-state index in [-0.39, 0.29) is 17.5 Å². The third-order valence-electron chi connectivity index (χ3n) is 1.42. The molecule has 1 heterocycles. The third kappa shape index (κ3) is 2.07. The summed E-state index contributed by atoms with van der Waals surface area (Å²) in [6.07, 6.45) is -0.579. The summed E-state index contributed by atoms with van der Waals surface area (Å²) < 4.78 is 25.4. The minimum Gasteiger partial charge on any atom is -0.453 e. The lowest BCUT2D eigenvalue weighted by molar-refractivity contribution is 0.168. The lowest BCUT2D eigenvalue weighted by Gasteiger charge is -2.25. The average molecular weight is 179 g/mol. The molecule has 11 heavy (non-hydrogen) atoms. The highest BCUT2D eigenvalue weighted by Crippen LogP contribution is 2.09. The first kappa shape index (κ1) is 8.32. The fourth-order valence-corrected chi connectivity index (χ4v) is 2.17. The van der Waals surface area contributed by atoms with Gasteiger partial charge >= 0.3 is 6.09 Å². The van der Waals surface area contributed by atoms with Gasteiger partial charge in [0.15, 0.2) is 9.84 Å². The van der Waals surface area contributed by atoms with Crippen LogP contribution in [0.5, 0.6) is 0 Å². The van der Waals surface area contributed by atoms with Gasteiger partial charge in [-0.1, -0.05) is 0 Å². The summed E-state index contributed by atoms with van der Waals surface area (Å²) in [4.78, 5) is 10.5. The molecule has 0 aromatic rings. The largest absolute Gasteiger partial charge is 0.453 e. The molecule has 1 N–H and O–H groups in total. The maximum absolute atomic E-state index is 10.6. The number of nitrogens with one attached hydrogen (secondary N) is 1. The van der Waals surface area contributed by atoms with Gasteiger partial charge in [-0.15, -0.1) is 0 Å². The molecule has 0 unspecified atom stereocenters. The molecule has 1 saturated heterocycles. The molecule has 1 aliphatic rings. The van der Waals surface area contributed by atoms with Gasteiger partial charge < -0.3 is 10.1 Å². The Bertz CT molecular complexity index is 246. The van der Waals surface area contributed by atoms with Gasteiger partial charge in [0, 0.05) is 0 Å². The Labute approximate surface area is 64.6 Å². The van der Waals surface area contributed by atoms with Crippen LogP contribution in [0, 0.1) is 0 Å². The average Bonchev–Trinajstić information content (AvgIpc) is 1.83. The Hall–Kier alpha value is -0.780. The fraction of sp³-hybridized carbons (Fsp3) is 0.800. The minimum absolute atomic E-state index is 0.0299. The summed E-state index contributed by atoms with van der Waals surface area (Å²) in [5.41, 5.74) is 0. The zero-order valence-electron chi connectivity index (χ0n) is 6.03. The molecule has 1 aliphatic heterocycles. The monoisotopic (exact) mass is 179 g/mol. The van der Waals surface area contributed by atoms with Crippen molar-refractivity contribution >= 4 is 15.9 Å². The summed E-state index contributed by atoms with van der Waals surface area (Å²) in [6, 6.07) is -0.257. The van der Waals surface area contributed by atoms with Gasteiger partial charge in [0.2, 0.25) is 0 Å². The highest BCUT2D eigenvalue weighted by atomic mass is 32.2. The molecule has 0 saturated carbocycles. The van der Waals surface area contributed by atoms with Gasteiger partial charge in [-0.2, -0.15) is 0 Å². The molecule has 1 fully saturated rings. The van der Waals surface area contributed by atoms with Crippen molar-refractivity contribution < 1.29 is 17.9 Å². The van der Waals surface area contributed by atoms with Crippen LogP contribution in [0.2, 0.25) is 0 Å². The Kier molecular flexibility index (Phi) is 2.03. The summed E-state index contributed by atoms with van der Waals surface area (Å²) in [7, 11) is -1.62. The van der Waals surface area contributed by atoms with Crippen molar-refractivity contribution in [2.45, 2.75) is 6.04 Å². The van der Waals surface area contributed by atoms with Crippen molar-refractivity contribution in [2.75, 3.05) is 18.6 Å². The second-order valence-corrected chi connectivity index (χ2v) is 4.56. The van der Waals surface area contributed by atoms with Crippen LogP contribution in [0.25, 0.3) is 0 Å². The van der Waals surface area contributed by atoms with E-state index in [1.165, 1.54) is 7.11 Å². The highest BCUT2D eigenvalue weighted by Gasteiger charge is 2.34. The van der Waals surface area contributed by atoms with Crippen molar-refractivity contribution in [3.8, 4) is 0 Å². The number of carbonyl (C=O) groups is 1. The lowest BCUT2D eigenvalue weighted by atomic mass is 10.4. The van der Waals surface area contributed by atoms with Gasteiger partial charge in [-0.25, -0.2) is 13.2 Å². The van der Waals surface area contributed by atoms with E-state index in [9.17, 15) is 13.2 Å². The second kappa shape index (κ2) is 2.69. The van der Waals surface area contributed by atoms with Crippen molar-refractivity contribution in [1.29, 1.82) is 0 Å². The lowest BCUT2D eigenvalue weighted by Crippen LogP contribution is -2.52. The SMILES string of the molecule is COC(=O)NC1CS(=O)(=O)C1. The van der Waals surface area contributed by atoms with Crippen LogP contribution in [0.1, 0.15) is 0 Å². The molecule has 0 atom stereocenters. The third-order valence-corrected chi connectivity index (χ3v) is 3.24. The van der Waals surface area contributed by atoms with Crippen LogP contribution in [-0.2, 0) is 14.6 Å². The number of carbonyl (C=O) groups excluding carboxylic acids is 1. The Morgan fingerprint density at radius 2 is 2.09 bits per heavy atom. The smallest absolute Gasteiger partial charge is 0.407 e. The molecule has 0 aromatic heterocycles. The maximum Gasteiger partial charge on any atom is 0.407 e. The predicted octanol–water partition coefficient (Wildman–Crippen LogP) is -0.861. The molecule has 0 radical (unpaired) electrons. The molecular weight excluding hydrogens is 170 g/mol. The van der Waals surface area contributed by atoms with Crippen molar-refractivity contribution in [3.63, 3.8) is 0 Å². The van der Waals surface area contributed by atoms with E-state index in [0.717, 1.165) is 0 Å².